The third kappa shape index (κ3) is 5.16. The Morgan fingerprint density at radius 3 is 2.50 bits per heavy atom. The number of benzene rings is 2. The lowest BCUT2D eigenvalue weighted by Crippen LogP contribution is -2.35. The number of hydrogen-bond donors (Lipinski definition) is 2. The number of hydrogen-bond acceptors (Lipinski definition) is 4. The van der Waals surface area contributed by atoms with Gasteiger partial charge in [-0.1, -0.05) is 36.8 Å². The third-order valence-corrected chi connectivity index (χ3v) is 5.65. The van der Waals surface area contributed by atoms with Gasteiger partial charge in [0.25, 0.3) is 0 Å². The molecular formula is C23H34N4O. The predicted molar refractivity (Wildman–Crippen MR) is 119 cm³/mol. The Labute approximate surface area is 169 Å². The van der Waals surface area contributed by atoms with E-state index in [4.69, 9.17) is 0 Å². The van der Waals surface area contributed by atoms with Crippen molar-refractivity contribution in [2.24, 2.45) is 0 Å². The number of nitrogens with one attached hydrogen (secondary N) is 2. The standard InChI is InChI=1S/C23H34N4O/c1-3-27(4-2)22(28)18-25-21-13-12-19-10-6-7-11-20(19)23(21)24-14-17-26-15-8-5-9-16-26/h6-7,10-13,24-25H,3-5,8-9,14-18H2,1-2H3. The van der Waals surface area contributed by atoms with Crippen LogP contribution in [-0.2, 0) is 4.79 Å². The Morgan fingerprint density at radius 2 is 1.75 bits per heavy atom. The summed E-state index contributed by atoms with van der Waals surface area (Å²) in [6, 6.07) is 12.6. The second kappa shape index (κ2) is 10.3. The van der Waals surface area contributed by atoms with Gasteiger partial charge in [0.05, 0.1) is 17.9 Å². The summed E-state index contributed by atoms with van der Waals surface area (Å²) in [5.74, 6) is 0.137. The van der Waals surface area contributed by atoms with E-state index in [2.05, 4.69) is 51.9 Å². The smallest absolute Gasteiger partial charge is 0.241 e. The van der Waals surface area contributed by atoms with Gasteiger partial charge in [0.2, 0.25) is 5.91 Å². The molecule has 0 atom stereocenters. The maximum Gasteiger partial charge on any atom is 0.241 e. The molecule has 0 aromatic heterocycles. The topological polar surface area (TPSA) is 47.6 Å². The van der Waals surface area contributed by atoms with E-state index in [1.165, 1.54) is 43.1 Å². The summed E-state index contributed by atoms with van der Waals surface area (Å²) in [5.41, 5.74) is 2.10. The molecule has 152 valence electrons. The van der Waals surface area contributed by atoms with E-state index in [-0.39, 0.29) is 5.91 Å². The summed E-state index contributed by atoms with van der Waals surface area (Å²) in [4.78, 5) is 16.8. The van der Waals surface area contributed by atoms with Crippen LogP contribution in [-0.4, -0.2) is 61.5 Å². The number of amides is 1. The molecule has 5 heteroatoms. The number of likely N-dealkylation sites (N-methyl/N-ethyl adjacent to an activating group) is 1. The molecule has 1 aliphatic rings. The van der Waals surface area contributed by atoms with Gasteiger partial charge in [-0.05, 0) is 51.2 Å². The van der Waals surface area contributed by atoms with Gasteiger partial charge in [0, 0.05) is 31.6 Å². The summed E-state index contributed by atoms with van der Waals surface area (Å²) in [7, 11) is 0. The monoisotopic (exact) mass is 382 g/mol. The zero-order valence-electron chi connectivity index (χ0n) is 17.3. The van der Waals surface area contributed by atoms with E-state index >= 15 is 0 Å². The Balaban J connectivity index is 1.71. The summed E-state index contributed by atoms with van der Waals surface area (Å²) in [5, 5.41) is 9.44. The highest BCUT2D eigenvalue weighted by Gasteiger charge is 2.13. The van der Waals surface area contributed by atoms with Crippen LogP contribution in [0.4, 0.5) is 11.4 Å². The largest absolute Gasteiger partial charge is 0.382 e. The fraction of sp³-hybridized carbons (Fsp3) is 0.522. The molecule has 0 radical (unpaired) electrons. The third-order valence-electron chi connectivity index (χ3n) is 5.65. The number of carbonyl (C=O) groups excluding carboxylic acids is 1. The molecule has 1 saturated heterocycles. The van der Waals surface area contributed by atoms with Gasteiger partial charge in [0.15, 0.2) is 0 Å². The van der Waals surface area contributed by atoms with Gasteiger partial charge in [0.1, 0.15) is 0 Å². The van der Waals surface area contributed by atoms with Crippen LogP contribution < -0.4 is 10.6 Å². The minimum atomic E-state index is 0.137. The quantitative estimate of drug-likeness (QED) is 0.688. The highest BCUT2D eigenvalue weighted by Crippen LogP contribution is 2.31. The molecule has 0 spiro atoms. The molecule has 1 fully saturated rings. The number of nitrogens with zero attached hydrogens (tertiary/aromatic N) is 2. The lowest BCUT2D eigenvalue weighted by atomic mass is 10.1. The summed E-state index contributed by atoms with van der Waals surface area (Å²) in [6.45, 7) is 10.2. The molecule has 0 bridgehead atoms. The van der Waals surface area contributed by atoms with Crippen molar-refractivity contribution in [1.29, 1.82) is 0 Å². The molecule has 2 N–H and O–H groups in total. The number of carbonyl (C=O) groups is 1. The minimum Gasteiger partial charge on any atom is -0.382 e. The van der Waals surface area contributed by atoms with Crippen molar-refractivity contribution >= 4 is 28.1 Å². The molecule has 2 aromatic carbocycles. The zero-order chi connectivity index (χ0) is 19.8. The van der Waals surface area contributed by atoms with Crippen molar-refractivity contribution in [3.05, 3.63) is 36.4 Å². The van der Waals surface area contributed by atoms with Crippen LogP contribution in [0.1, 0.15) is 33.1 Å². The average molecular weight is 383 g/mol. The number of rotatable bonds is 9. The molecule has 1 amide bonds. The van der Waals surface area contributed by atoms with Gasteiger partial charge >= 0.3 is 0 Å². The number of likely N-dealkylation sites (tertiary alicyclic amines) is 1. The number of piperidine rings is 1. The van der Waals surface area contributed by atoms with Crippen molar-refractivity contribution < 1.29 is 4.79 Å². The number of fused-ring (bicyclic) bond motifs is 1. The Kier molecular flexibility index (Phi) is 7.54. The van der Waals surface area contributed by atoms with Crippen molar-refractivity contribution in [2.45, 2.75) is 33.1 Å². The Morgan fingerprint density at radius 1 is 1.00 bits per heavy atom. The molecular weight excluding hydrogens is 348 g/mol. The predicted octanol–water partition coefficient (Wildman–Crippen LogP) is 4.02. The van der Waals surface area contributed by atoms with Crippen LogP contribution >= 0.6 is 0 Å². The normalized spacial score (nSPS) is 14.8. The van der Waals surface area contributed by atoms with E-state index in [1.54, 1.807) is 0 Å². The highest BCUT2D eigenvalue weighted by molar-refractivity contribution is 6.00. The van der Waals surface area contributed by atoms with Gasteiger partial charge in [-0.15, -0.1) is 0 Å². The maximum atomic E-state index is 12.4. The summed E-state index contributed by atoms with van der Waals surface area (Å²) in [6.07, 6.45) is 3.99. The molecule has 0 saturated carbocycles. The molecule has 3 rings (SSSR count). The zero-order valence-corrected chi connectivity index (χ0v) is 17.3. The van der Waals surface area contributed by atoms with Crippen LogP contribution in [0.3, 0.4) is 0 Å². The maximum absolute atomic E-state index is 12.4. The van der Waals surface area contributed by atoms with Crippen LogP contribution in [0.25, 0.3) is 10.8 Å². The van der Waals surface area contributed by atoms with Crippen LogP contribution in [0.15, 0.2) is 36.4 Å². The molecule has 2 aromatic rings. The molecule has 1 heterocycles. The van der Waals surface area contributed by atoms with E-state index in [0.717, 1.165) is 37.6 Å². The number of anilines is 2. The van der Waals surface area contributed by atoms with E-state index in [9.17, 15) is 4.79 Å². The molecule has 5 nitrogen and oxygen atoms in total. The van der Waals surface area contributed by atoms with E-state index < -0.39 is 0 Å². The second-order valence-corrected chi connectivity index (χ2v) is 7.46. The molecule has 0 unspecified atom stereocenters. The van der Waals surface area contributed by atoms with Crippen molar-refractivity contribution in [3.8, 4) is 0 Å². The van der Waals surface area contributed by atoms with Crippen LogP contribution in [0.2, 0.25) is 0 Å². The fourth-order valence-electron chi connectivity index (χ4n) is 3.99. The van der Waals surface area contributed by atoms with Crippen LogP contribution in [0.5, 0.6) is 0 Å². The van der Waals surface area contributed by atoms with Gasteiger partial charge < -0.3 is 20.4 Å². The van der Waals surface area contributed by atoms with Crippen LogP contribution in [0, 0.1) is 0 Å². The average Bonchev–Trinajstić information content (AvgIpc) is 2.74. The first-order chi connectivity index (χ1) is 13.7. The fourth-order valence-corrected chi connectivity index (χ4v) is 3.99. The Bertz CT molecular complexity index is 766. The highest BCUT2D eigenvalue weighted by atomic mass is 16.2. The lowest BCUT2D eigenvalue weighted by Gasteiger charge is -2.27. The summed E-state index contributed by atoms with van der Waals surface area (Å²) < 4.78 is 0. The molecule has 28 heavy (non-hydrogen) atoms. The van der Waals surface area contributed by atoms with Gasteiger partial charge in [-0.3, -0.25) is 4.79 Å². The molecule has 1 aliphatic heterocycles. The van der Waals surface area contributed by atoms with E-state index in [1.807, 2.05) is 18.7 Å². The second-order valence-electron chi connectivity index (χ2n) is 7.46. The first-order valence-corrected chi connectivity index (χ1v) is 10.7. The molecule has 0 aliphatic carbocycles. The van der Waals surface area contributed by atoms with Gasteiger partial charge in [-0.25, -0.2) is 0 Å². The van der Waals surface area contributed by atoms with Crippen molar-refractivity contribution in [2.75, 3.05) is 56.4 Å². The lowest BCUT2D eigenvalue weighted by molar-refractivity contribution is -0.128. The van der Waals surface area contributed by atoms with Crippen molar-refractivity contribution in [1.82, 2.24) is 9.80 Å². The SMILES string of the molecule is CCN(CC)C(=O)CNc1ccc2ccccc2c1NCCN1CCCCC1. The van der Waals surface area contributed by atoms with Gasteiger partial charge in [-0.2, -0.15) is 0 Å². The Hall–Kier alpha value is -2.27. The first-order valence-electron chi connectivity index (χ1n) is 10.7. The van der Waals surface area contributed by atoms with Crippen molar-refractivity contribution in [3.63, 3.8) is 0 Å². The first kappa shape index (κ1) is 20.5. The minimum absolute atomic E-state index is 0.137. The summed E-state index contributed by atoms with van der Waals surface area (Å²) >= 11 is 0. The van der Waals surface area contributed by atoms with E-state index in [0.29, 0.717) is 6.54 Å².